The molecule has 0 saturated heterocycles. The summed E-state index contributed by atoms with van der Waals surface area (Å²) in [6.45, 7) is 30.3. The lowest BCUT2D eigenvalue weighted by Gasteiger charge is -2.39. The van der Waals surface area contributed by atoms with Crippen LogP contribution in [0.5, 0.6) is 0 Å². The standard InChI is InChI=1S/2C20H44N.C14H10O4S/c2*1-5-9-13-17-21(18-14-10-6-2,19-15-11-7-3)20-16-12-8-4;15-13(16)9-5-1-3-7-11(9)19-12-8-4-2-6-10(12)14(17)18/h2*5-20H2,1-4H3;1-8H,(H,15,16)(H,17,18)/q2*+1;. The zero-order valence-electron chi connectivity index (χ0n) is 41.3. The topological polar surface area (TPSA) is 74.6 Å². The molecule has 0 aliphatic heterocycles. The van der Waals surface area contributed by atoms with Crippen LogP contribution in [0.1, 0.15) is 230 Å². The van der Waals surface area contributed by atoms with Gasteiger partial charge in [0, 0.05) is 9.79 Å². The molecule has 0 spiro atoms. The molecule has 7 heteroatoms. The number of rotatable bonds is 36. The summed E-state index contributed by atoms with van der Waals surface area (Å²) in [5.74, 6) is -2.06. The second-order valence-electron chi connectivity index (χ2n) is 17.8. The van der Waals surface area contributed by atoms with E-state index in [1.54, 1.807) is 36.4 Å². The third kappa shape index (κ3) is 28.1. The molecule has 0 aromatic heterocycles. The Kier molecular flexibility index (Phi) is 37.7. The van der Waals surface area contributed by atoms with Gasteiger partial charge in [-0.1, -0.05) is 143 Å². The number of nitrogens with zero attached hydrogens (tertiary/aromatic N) is 2. The van der Waals surface area contributed by atoms with E-state index in [-0.39, 0.29) is 11.1 Å². The van der Waals surface area contributed by atoms with Crippen molar-refractivity contribution in [3.63, 3.8) is 0 Å². The summed E-state index contributed by atoms with van der Waals surface area (Å²) in [7, 11) is 0. The smallest absolute Gasteiger partial charge is 0.336 e. The summed E-state index contributed by atoms with van der Waals surface area (Å²) < 4.78 is 2.89. The Bertz CT molecular complexity index is 1140. The van der Waals surface area contributed by atoms with E-state index < -0.39 is 11.9 Å². The van der Waals surface area contributed by atoms with Crippen molar-refractivity contribution in [3.8, 4) is 0 Å². The lowest BCUT2D eigenvalue weighted by atomic mass is 10.1. The van der Waals surface area contributed by atoms with Gasteiger partial charge < -0.3 is 19.2 Å². The molecule has 0 saturated carbocycles. The van der Waals surface area contributed by atoms with Gasteiger partial charge in [-0.2, -0.15) is 0 Å². The van der Waals surface area contributed by atoms with Gasteiger partial charge >= 0.3 is 11.9 Å². The summed E-state index contributed by atoms with van der Waals surface area (Å²) in [6.07, 6.45) is 33.8. The molecule has 0 bridgehead atoms. The van der Waals surface area contributed by atoms with Crippen molar-refractivity contribution in [2.24, 2.45) is 0 Å². The summed E-state index contributed by atoms with van der Waals surface area (Å²) in [5.41, 5.74) is 0.320. The molecule has 2 rings (SSSR count). The van der Waals surface area contributed by atoms with Crippen LogP contribution in [0.3, 0.4) is 0 Å². The number of aromatic carboxylic acids is 2. The van der Waals surface area contributed by atoms with E-state index in [4.69, 9.17) is 10.2 Å². The monoisotopic (exact) mass is 871 g/mol. The van der Waals surface area contributed by atoms with Crippen molar-refractivity contribution in [1.82, 2.24) is 0 Å². The third-order valence-electron chi connectivity index (χ3n) is 12.3. The molecule has 0 radical (unpaired) electrons. The molecule has 0 amide bonds. The van der Waals surface area contributed by atoms with Gasteiger partial charge in [0.1, 0.15) is 0 Å². The molecule has 2 aromatic rings. The van der Waals surface area contributed by atoms with Gasteiger partial charge in [0.25, 0.3) is 0 Å². The van der Waals surface area contributed by atoms with E-state index >= 15 is 0 Å². The molecule has 0 unspecified atom stereocenters. The first-order chi connectivity index (χ1) is 29.6. The lowest BCUT2D eigenvalue weighted by Crippen LogP contribution is -2.50. The van der Waals surface area contributed by atoms with Crippen molar-refractivity contribution in [3.05, 3.63) is 59.7 Å². The fourth-order valence-electron chi connectivity index (χ4n) is 8.50. The Hall–Kier alpha value is -2.35. The van der Waals surface area contributed by atoms with Crippen LogP contribution in [0.15, 0.2) is 58.3 Å². The molecular weight excluding hydrogens is 773 g/mol. The Morgan fingerprint density at radius 3 is 0.738 bits per heavy atom. The van der Waals surface area contributed by atoms with Crippen molar-refractivity contribution >= 4 is 23.7 Å². The average Bonchev–Trinajstić information content (AvgIpc) is 3.25. The second-order valence-corrected chi connectivity index (χ2v) is 18.9. The maximum atomic E-state index is 11.1. The summed E-state index contributed by atoms with van der Waals surface area (Å²) in [5, 5.41) is 18.2. The molecule has 352 valence electrons. The van der Waals surface area contributed by atoms with E-state index in [1.807, 2.05) is 0 Å². The van der Waals surface area contributed by atoms with E-state index in [0.29, 0.717) is 9.79 Å². The molecule has 2 N–H and O–H groups in total. The SMILES string of the molecule is CCCCC[N+](CCCCC)(CCCCC)CCCCC.CCCCC[N+](CCCCC)(CCCCC)CCCCC.O=C(O)c1ccccc1Sc1ccccc1C(=O)O. The Morgan fingerprint density at radius 2 is 0.557 bits per heavy atom. The van der Waals surface area contributed by atoms with Gasteiger partial charge in [-0.3, -0.25) is 0 Å². The van der Waals surface area contributed by atoms with E-state index in [1.165, 1.54) is 228 Å². The Balaban J connectivity index is 0.000000886. The normalized spacial score (nSPS) is 11.4. The molecular formula is C54H98N2O4S+2. The number of hydrogen-bond donors (Lipinski definition) is 2. The molecule has 0 aliphatic carbocycles. The number of hydrogen-bond acceptors (Lipinski definition) is 3. The zero-order valence-corrected chi connectivity index (χ0v) is 42.1. The summed E-state index contributed by atoms with van der Waals surface area (Å²) in [6, 6.07) is 13.0. The van der Waals surface area contributed by atoms with Crippen LogP contribution in [0, 0.1) is 0 Å². The van der Waals surface area contributed by atoms with Crippen LogP contribution in [0.4, 0.5) is 0 Å². The zero-order chi connectivity index (χ0) is 45.5. The summed E-state index contributed by atoms with van der Waals surface area (Å²) in [4.78, 5) is 23.2. The average molecular weight is 871 g/mol. The quantitative estimate of drug-likeness (QED) is 0.0527. The van der Waals surface area contributed by atoms with E-state index in [2.05, 4.69) is 55.4 Å². The molecule has 2 aromatic carbocycles. The number of quaternary nitrogens is 2. The van der Waals surface area contributed by atoms with Gasteiger partial charge in [-0.25, -0.2) is 9.59 Å². The predicted molar refractivity (Wildman–Crippen MR) is 267 cm³/mol. The fourth-order valence-corrected chi connectivity index (χ4v) is 9.56. The maximum absolute atomic E-state index is 11.1. The predicted octanol–water partition coefficient (Wildman–Crippen LogP) is 16.4. The first kappa shape index (κ1) is 58.6. The van der Waals surface area contributed by atoms with Crippen LogP contribution in [0.2, 0.25) is 0 Å². The van der Waals surface area contributed by atoms with Crippen molar-refractivity contribution in [1.29, 1.82) is 0 Å². The van der Waals surface area contributed by atoms with Gasteiger partial charge in [0.05, 0.1) is 63.5 Å². The van der Waals surface area contributed by atoms with E-state index in [0.717, 1.165) is 11.8 Å². The lowest BCUT2D eigenvalue weighted by molar-refractivity contribution is -0.929. The van der Waals surface area contributed by atoms with Gasteiger partial charge in [0.2, 0.25) is 0 Å². The second kappa shape index (κ2) is 39.3. The largest absolute Gasteiger partial charge is 0.478 e. The minimum absolute atomic E-state index is 0.160. The minimum Gasteiger partial charge on any atom is -0.478 e. The highest BCUT2D eigenvalue weighted by molar-refractivity contribution is 7.99. The minimum atomic E-state index is -1.03. The Morgan fingerprint density at radius 1 is 0.361 bits per heavy atom. The fraction of sp³-hybridized carbons (Fsp3) is 0.741. The molecule has 0 fully saturated rings. The summed E-state index contributed by atoms with van der Waals surface area (Å²) >= 11 is 1.14. The highest BCUT2D eigenvalue weighted by Crippen LogP contribution is 2.33. The van der Waals surface area contributed by atoms with Gasteiger partial charge in [-0.15, -0.1) is 0 Å². The van der Waals surface area contributed by atoms with E-state index in [9.17, 15) is 9.59 Å². The van der Waals surface area contributed by atoms with Crippen LogP contribution in [-0.4, -0.2) is 83.5 Å². The highest BCUT2D eigenvalue weighted by Gasteiger charge is 2.26. The number of carboxylic acid groups (broad SMARTS) is 2. The van der Waals surface area contributed by atoms with Gasteiger partial charge in [0.15, 0.2) is 0 Å². The Labute approximate surface area is 382 Å². The molecule has 0 atom stereocenters. The first-order valence-corrected chi connectivity index (χ1v) is 26.4. The van der Waals surface area contributed by atoms with Crippen molar-refractivity contribution < 1.29 is 28.8 Å². The van der Waals surface area contributed by atoms with Crippen LogP contribution in [0.25, 0.3) is 0 Å². The first-order valence-electron chi connectivity index (χ1n) is 25.6. The van der Waals surface area contributed by atoms with Crippen molar-refractivity contribution in [2.45, 2.75) is 219 Å². The molecule has 61 heavy (non-hydrogen) atoms. The highest BCUT2D eigenvalue weighted by atomic mass is 32.2. The maximum Gasteiger partial charge on any atom is 0.336 e. The number of carbonyl (C=O) groups is 2. The molecule has 0 heterocycles. The number of carboxylic acids is 2. The molecule has 6 nitrogen and oxygen atoms in total. The van der Waals surface area contributed by atoms with Crippen LogP contribution < -0.4 is 0 Å². The number of benzene rings is 2. The van der Waals surface area contributed by atoms with Gasteiger partial charge in [-0.05, 0) is 127 Å². The molecule has 0 aliphatic rings. The van der Waals surface area contributed by atoms with Crippen LogP contribution in [-0.2, 0) is 0 Å². The third-order valence-corrected chi connectivity index (χ3v) is 13.5. The number of unbranched alkanes of at least 4 members (excludes halogenated alkanes) is 16. The van der Waals surface area contributed by atoms with Crippen LogP contribution >= 0.6 is 11.8 Å². The van der Waals surface area contributed by atoms with Crippen molar-refractivity contribution in [2.75, 3.05) is 52.4 Å².